The van der Waals surface area contributed by atoms with E-state index in [-0.39, 0.29) is 17.3 Å². The summed E-state index contributed by atoms with van der Waals surface area (Å²) in [6.07, 6.45) is 0.840. The molecule has 1 amide bonds. The SMILES string of the molecule is CCc1ccccc1NC(=O)CN1CCN(c2ccc(S(=O)(=O)C(F)F)cc2)CC1. The van der Waals surface area contributed by atoms with Gasteiger partial charge in [0, 0.05) is 37.6 Å². The molecular weight excluding hydrogens is 412 g/mol. The van der Waals surface area contributed by atoms with E-state index >= 15 is 0 Å². The first-order valence-electron chi connectivity index (χ1n) is 9.78. The van der Waals surface area contributed by atoms with Crippen LogP contribution in [-0.2, 0) is 21.1 Å². The summed E-state index contributed by atoms with van der Waals surface area (Å²) in [7, 11) is -4.58. The average molecular weight is 438 g/mol. The number of alkyl halides is 2. The van der Waals surface area contributed by atoms with Gasteiger partial charge in [0.05, 0.1) is 11.4 Å². The van der Waals surface area contributed by atoms with Crippen LogP contribution in [0, 0.1) is 0 Å². The Morgan fingerprint density at radius 2 is 1.67 bits per heavy atom. The van der Waals surface area contributed by atoms with Crippen molar-refractivity contribution >= 4 is 27.1 Å². The third kappa shape index (κ3) is 5.14. The molecule has 9 heteroatoms. The summed E-state index contributed by atoms with van der Waals surface area (Å²) in [4.78, 5) is 16.1. The monoisotopic (exact) mass is 437 g/mol. The standard InChI is InChI=1S/C21H25F2N3O3S/c1-2-16-5-3-4-6-19(16)24-20(27)15-25-11-13-26(14-12-25)17-7-9-18(10-8-17)30(28,29)21(22)23/h3-10,21H,2,11-15H2,1H3,(H,24,27). The minimum Gasteiger partial charge on any atom is -0.369 e. The van der Waals surface area contributed by atoms with Gasteiger partial charge in [-0.05, 0) is 42.3 Å². The lowest BCUT2D eigenvalue weighted by atomic mass is 10.1. The Hall–Kier alpha value is -2.52. The van der Waals surface area contributed by atoms with Crippen molar-refractivity contribution in [2.24, 2.45) is 0 Å². The van der Waals surface area contributed by atoms with E-state index in [4.69, 9.17) is 0 Å². The maximum absolute atomic E-state index is 12.6. The summed E-state index contributed by atoms with van der Waals surface area (Å²) < 4.78 is 48.3. The van der Waals surface area contributed by atoms with Crippen LogP contribution in [0.25, 0.3) is 0 Å². The summed E-state index contributed by atoms with van der Waals surface area (Å²) >= 11 is 0. The van der Waals surface area contributed by atoms with Crippen LogP contribution in [0.2, 0.25) is 0 Å². The van der Waals surface area contributed by atoms with Gasteiger partial charge in [0.2, 0.25) is 15.7 Å². The van der Waals surface area contributed by atoms with Crippen LogP contribution in [-0.4, -0.2) is 57.7 Å². The Morgan fingerprint density at radius 3 is 2.27 bits per heavy atom. The van der Waals surface area contributed by atoms with Gasteiger partial charge in [0.25, 0.3) is 0 Å². The number of amides is 1. The summed E-state index contributed by atoms with van der Waals surface area (Å²) in [6, 6.07) is 13.2. The molecule has 1 N–H and O–H groups in total. The van der Waals surface area contributed by atoms with Gasteiger partial charge in [0.15, 0.2) is 0 Å². The molecule has 1 aliphatic heterocycles. The third-order valence-corrected chi connectivity index (χ3v) is 6.58. The van der Waals surface area contributed by atoms with Crippen molar-refractivity contribution in [1.82, 2.24) is 4.90 Å². The van der Waals surface area contributed by atoms with Gasteiger partial charge in [0.1, 0.15) is 0 Å². The maximum Gasteiger partial charge on any atom is 0.341 e. The molecule has 1 aliphatic rings. The number of anilines is 2. The molecule has 0 bridgehead atoms. The summed E-state index contributed by atoms with van der Waals surface area (Å²) in [5.41, 5.74) is 2.69. The first kappa shape index (κ1) is 22.2. The second-order valence-corrected chi connectivity index (χ2v) is 9.04. The minimum absolute atomic E-state index is 0.0640. The highest BCUT2D eigenvalue weighted by molar-refractivity contribution is 7.91. The molecule has 1 fully saturated rings. The van der Waals surface area contributed by atoms with Gasteiger partial charge in [-0.2, -0.15) is 8.78 Å². The van der Waals surface area contributed by atoms with E-state index in [2.05, 4.69) is 10.2 Å². The molecule has 0 radical (unpaired) electrons. The molecule has 0 spiro atoms. The second kappa shape index (κ2) is 9.53. The van der Waals surface area contributed by atoms with Crippen LogP contribution in [0.3, 0.4) is 0 Å². The first-order valence-corrected chi connectivity index (χ1v) is 11.3. The van der Waals surface area contributed by atoms with Gasteiger partial charge in [-0.1, -0.05) is 25.1 Å². The van der Waals surface area contributed by atoms with Crippen LogP contribution in [0.5, 0.6) is 0 Å². The number of piperazine rings is 1. The van der Waals surface area contributed by atoms with Gasteiger partial charge >= 0.3 is 5.76 Å². The predicted molar refractivity (Wildman–Crippen MR) is 113 cm³/mol. The van der Waals surface area contributed by atoms with Crippen molar-refractivity contribution in [2.75, 3.05) is 42.9 Å². The number of rotatable bonds is 7. The summed E-state index contributed by atoms with van der Waals surface area (Å²) in [6.45, 7) is 4.97. The topological polar surface area (TPSA) is 69.7 Å². The van der Waals surface area contributed by atoms with Crippen molar-refractivity contribution in [3.63, 3.8) is 0 Å². The number of carbonyl (C=O) groups excluding carboxylic acids is 1. The van der Waals surface area contributed by atoms with Crippen LogP contribution in [0.4, 0.5) is 20.2 Å². The molecule has 0 aliphatic carbocycles. The lowest BCUT2D eigenvalue weighted by Crippen LogP contribution is -2.48. The fraction of sp³-hybridized carbons (Fsp3) is 0.381. The van der Waals surface area contributed by atoms with Crippen LogP contribution >= 0.6 is 0 Å². The Morgan fingerprint density at radius 1 is 1.03 bits per heavy atom. The number of nitrogens with zero attached hydrogens (tertiary/aromatic N) is 2. The van der Waals surface area contributed by atoms with Gasteiger partial charge < -0.3 is 10.2 Å². The summed E-state index contributed by atoms with van der Waals surface area (Å²) in [5.74, 6) is -3.49. The zero-order valence-electron chi connectivity index (χ0n) is 16.7. The molecule has 1 saturated heterocycles. The molecule has 0 unspecified atom stereocenters. The smallest absolute Gasteiger partial charge is 0.341 e. The zero-order valence-corrected chi connectivity index (χ0v) is 17.5. The van der Waals surface area contributed by atoms with Crippen molar-refractivity contribution in [3.05, 3.63) is 54.1 Å². The van der Waals surface area contributed by atoms with E-state index in [1.807, 2.05) is 36.1 Å². The van der Waals surface area contributed by atoms with Gasteiger partial charge in [-0.15, -0.1) is 0 Å². The number of aryl methyl sites for hydroxylation is 1. The normalized spacial score (nSPS) is 15.4. The maximum atomic E-state index is 12.6. The quantitative estimate of drug-likeness (QED) is 0.721. The zero-order chi connectivity index (χ0) is 21.7. The van der Waals surface area contributed by atoms with Gasteiger partial charge in [-0.3, -0.25) is 9.69 Å². The van der Waals surface area contributed by atoms with Crippen LogP contribution < -0.4 is 10.2 Å². The number of hydrogen-bond donors (Lipinski definition) is 1. The Balaban J connectivity index is 1.53. The molecule has 30 heavy (non-hydrogen) atoms. The molecule has 6 nitrogen and oxygen atoms in total. The largest absolute Gasteiger partial charge is 0.369 e. The van der Waals surface area contributed by atoms with Crippen molar-refractivity contribution in [1.29, 1.82) is 0 Å². The average Bonchev–Trinajstić information content (AvgIpc) is 2.74. The Bertz CT molecular complexity index is 973. The lowest BCUT2D eigenvalue weighted by molar-refractivity contribution is -0.117. The number of hydrogen-bond acceptors (Lipinski definition) is 5. The highest BCUT2D eigenvalue weighted by Gasteiger charge is 2.27. The first-order chi connectivity index (χ1) is 14.3. The van der Waals surface area contributed by atoms with E-state index in [1.54, 1.807) is 12.1 Å². The fourth-order valence-corrected chi connectivity index (χ4v) is 4.18. The Kier molecular flexibility index (Phi) is 7.04. The molecule has 0 aromatic heterocycles. The van der Waals surface area contributed by atoms with Crippen molar-refractivity contribution in [2.45, 2.75) is 24.0 Å². The number of benzene rings is 2. The molecule has 162 valence electrons. The third-order valence-electron chi connectivity index (χ3n) is 5.18. The molecule has 0 atom stereocenters. The molecule has 0 saturated carbocycles. The van der Waals surface area contributed by atoms with Crippen LogP contribution in [0.1, 0.15) is 12.5 Å². The Labute approximate surface area is 175 Å². The molecule has 3 rings (SSSR count). The number of nitrogens with one attached hydrogen (secondary N) is 1. The molecule has 1 heterocycles. The van der Waals surface area contributed by atoms with E-state index < -0.39 is 15.6 Å². The molecule has 2 aromatic rings. The predicted octanol–water partition coefficient (Wildman–Crippen LogP) is 3.01. The fourth-order valence-electron chi connectivity index (χ4n) is 3.46. The molecule has 2 aromatic carbocycles. The number of carbonyl (C=O) groups is 1. The number of para-hydroxylation sites is 1. The number of halogens is 2. The van der Waals surface area contributed by atoms with Crippen molar-refractivity contribution < 1.29 is 22.0 Å². The minimum atomic E-state index is -4.58. The highest BCUT2D eigenvalue weighted by Crippen LogP contribution is 2.23. The number of sulfone groups is 1. The van der Waals surface area contributed by atoms with E-state index in [9.17, 15) is 22.0 Å². The molecular formula is C21H25F2N3O3S. The van der Waals surface area contributed by atoms with E-state index in [0.29, 0.717) is 26.2 Å². The summed E-state index contributed by atoms with van der Waals surface area (Å²) in [5, 5.41) is 2.97. The van der Waals surface area contributed by atoms with Crippen LogP contribution in [0.15, 0.2) is 53.4 Å². The van der Waals surface area contributed by atoms with E-state index in [0.717, 1.165) is 23.4 Å². The van der Waals surface area contributed by atoms with E-state index in [1.165, 1.54) is 12.1 Å². The van der Waals surface area contributed by atoms with Gasteiger partial charge in [-0.25, -0.2) is 8.42 Å². The lowest BCUT2D eigenvalue weighted by Gasteiger charge is -2.35. The highest BCUT2D eigenvalue weighted by atomic mass is 32.2. The second-order valence-electron chi connectivity index (χ2n) is 7.12. The van der Waals surface area contributed by atoms with Crippen molar-refractivity contribution in [3.8, 4) is 0 Å².